The lowest BCUT2D eigenvalue weighted by Gasteiger charge is -2.20. The second-order valence-corrected chi connectivity index (χ2v) is 9.39. The van der Waals surface area contributed by atoms with Crippen LogP contribution in [0.4, 0.5) is 5.69 Å². The molecule has 0 aromatic heterocycles. The number of rotatable bonds is 8. The number of carbonyl (C=O) groups is 2. The normalized spacial score (nSPS) is 15.8. The molecule has 5 nitrogen and oxygen atoms in total. The molecule has 0 saturated heterocycles. The lowest BCUT2D eigenvalue weighted by molar-refractivity contribution is -0.149. The highest BCUT2D eigenvalue weighted by Gasteiger charge is 2.34. The fourth-order valence-electron chi connectivity index (χ4n) is 4.05. The second kappa shape index (κ2) is 9.89. The van der Waals surface area contributed by atoms with Crippen LogP contribution in [-0.4, -0.2) is 29.5 Å². The Kier molecular flexibility index (Phi) is 6.96. The van der Waals surface area contributed by atoms with Crippen molar-refractivity contribution in [3.05, 3.63) is 99.0 Å². The van der Waals surface area contributed by atoms with Crippen LogP contribution in [0, 0.1) is 6.92 Å². The van der Waals surface area contributed by atoms with Gasteiger partial charge in [0.15, 0.2) is 11.9 Å². The molecule has 3 aromatic rings. The lowest BCUT2D eigenvalue weighted by Crippen LogP contribution is -2.24. The number of halogens is 1. The summed E-state index contributed by atoms with van der Waals surface area (Å²) in [4.78, 5) is 26.5. The van der Waals surface area contributed by atoms with Gasteiger partial charge in [-0.15, -0.1) is 0 Å². The summed E-state index contributed by atoms with van der Waals surface area (Å²) in [6.45, 7) is 5.09. The number of anilines is 1. The average Bonchev–Trinajstić information content (AvgIpc) is 3.15. The molecule has 0 saturated carbocycles. The highest BCUT2D eigenvalue weighted by atomic mass is 79.9. The maximum atomic E-state index is 13.3. The molecule has 0 radical (unpaired) electrons. The molecule has 3 aromatic carbocycles. The van der Waals surface area contributed by atoms with Gasteiger partial charge in [-0.25, -0.2) is 4.79 Å². The average molecular weight is 508 g/mol. The van der Waals surface area contributed by atoms with Crippen LogP contribution >= 0.6 is 15.9 Å². The van der Waals surface area contributed by atoms with Crippen molar-refractivity contribution < 1.29 is 19.4 Å². The molecule has 1 heterocycles. The predicted octanol–water partition coefficient (Wildman–Crippen LogP) is 5.73. The molecule has 1 aliphatic rings. The fourth-order valence-corrected chi connectivity index (χ4v) is 4.40. The van der Waals surface area contributed by atoms with E-state index < -0.39 is 12.1 Å². The molecule has 2 atom stereocenters. The van der Waals surface area contributed by atoms with Gasteiger partial charge < -0.3 is 14.7 Å². The molecule has 0 aliphatic carbocycles. The van der Waals surface area contributed by atoms with Crippen LogP contribution in [-0.2, 0) is 22.7 Å². The molecular weight excluding hydrogens is 482 g/mol. The Balaban J connectivity index is 1.50. The number of aliphatic carboxylic acids is 1. The zero-order chi connectivity index (χ0) is 23.5. The van der Waals surface area contributed by atoms with Crippen LogP contribution in [0.15, 0.2) is 71.2 Å². The van der Waals surface area contributed by atoms with Crippen LogP contribution < -0.4 is 4.90 Å². The van der Waals surface area contributed by atoms with Crippen LogP contribution in [0.2, 0.25) is 0 Å². The molecule has 0 fully saturated rings. The molecule has 170 valence electrons. The van der Waals surface area contributed by atoms with Gasteiger partial charge >= 0.3 is 5.97 Å². The number of nitrogens with zero attached hydrogens (tertiary/aromatic N) is 1. The van der Waals surface area contributed by atoms with E-state index in [0.29, 0.717) is 13.1 Å². The summed E-state index contributed by atoms with van der Waals surface area (Å²) in [6.07, 6.45) is -0.841. The van der Waals surface area contributed by atoms with E-state index in [2.05, 4.69) is 26.9 Å². The third-order valence-corrected chi connectivity index (χ3v) is 6.50. The quantitative estimate of drug-likeness (QED) is 0.394. The zero-order valence-corrected chi connectivity index (χ0v) is 20.2. The van der Waals surface area contributed by atoms with Crippen molar-refractivity contribution in [2.45, 2.75) is 39.0 Å². The van der Waals surface area contributed by atoms with Gasteiger partial charge in [-0.1, -0.05) is 76.1 Å². The molecule has 6 heteroatoms. The van der Waals surface area contributed by atoms with Gasteiger partial charge in [0.05, 0.1) is 12.5 Å². The number of ether oxygens (including phenoxy) is 1. The second-order valence-electron chi connectivity index (χ2n) is 8.47. The number of fused-ring (bicyclic) bond motifs is 1. The molecule has 0 bridgehead atoms. The maximum Gasteiger partial charge on any atom is 0.332 e. The number of aryl methyl sites for hydroxylation is 1. The van der Waals surface area contributed by atoms with Crippen molar-refractivity contribution in [1.82, 2.24) is 0 Å². The van der Waals surface area contributed by atoms with E-state index >= 15 is 0 Å². The molecule has 0 amide bonds. The van der Waals surface area contributed by atoms with Crippen LogP contribution in [0.1, 0.15) is 45.5 Å². The topological polar surface area (TPSA) is 66.8 Å². The Bertz CT molecular complexity index is 1160. The summed E-state index contributed by atoms with van der Waals surface area (Å²) < 4.78 is 6.34. The van der Waals surface area contributed by atoms with Crippen LogP contribution in [0.3, 0.4) is 0 Å². The Hall–Kier alpha value is -2.96. The first-order chi connectivity index (χ1) is 15.8. The number of carboxylic acids is 1. The smallest absolute Gasteiger partial charge is 0.332 e. The highest BCUT2D eigenvalue weighted by Crippen LogP contribution is 2.40. The summed E-state index contributed by atoms with van der Waals surface area (Å²) >= 11 is 3.57. The van der Waals surface area contributed by atoms with E-state index in [1.165, 1.54) is 6.92 Å². The third-order valence-electron chi connectivity index (χ3n) is 6.01. The predicted molar refractivity (Wildman–Crippen MR) is 132 cm³/mol. The monoisotopic (exact) mass is 507 g/mol. The molecule has 1 aliphatic heterocycles. The minimum atomic E-state index is -0.972. The number of hydrogen-bond donors (Lipinski definition) is 1. The van der Waals surface area contributed by atoms with Crippen LogP contribution in [0.5, 0.6) is 0 Å². The summed E-state index contributed by atoms with van der Waals surface area (Å²) in [5, 5.41) is 8.95. The van der Waals surface area contributed by atoms with Crippen molar-refractivity contribution in [2.24, 2.45) is 0 Å². The summed E-state index contributed by atoms with van der Waals surface area (Å²) in [5.41, 5.74) is 6.02. The minimum Gasteiger partial charge on any atom is -0.479 e. The maximum absolute atomic E-state index is 13.3. The summed E-state index contributed by atoms with van der Waals surface area (Å²) in [7, 11) is 0. The van der Waals surface area contributed by atoms with Crippen molar-refractivity contribution in [1.29, 1.82) is 0 Å². The number of hydrogen-bond acceptors (Lipinski definition) is 4. The summed E-state index contributed by atoms with van der Waals surface area (Å²) in [5.74, 6) is -1.04. The van der Waals surface area contributed by atoms with Gasteiger partial charge in [0.25, 0.3) is 0 Å². The zero-order valence-electron chi connectivity index (χ0n) is 18.6. The van der Waals surface area contributed by atoms with E-state index in [1.807, 2.05) is 67.6 Å². The van der Waals surface area contributed by atoms with Gasteiger partial charge in [0.2, 0.25) is 0 Å². The molecule has 1 N–H and O–H groups in total. The molecular formula is C27H26BrNO4. The first kappa shape index (κ1) is 23.2. The fraction of sp³-hybridized carbons (Fsp3) is 0.259. The molecule has 33 heavy (non-hydrogen) atoms. The number of carbonyl (C=O) groups excluding carboxylic acids is 1. The Morgan fingerprint density at radius 3 is 2.39 bits per heavy atom. The Morgan fingerprint density at radius 2 is 1.73 bits per heavy atom. The highest BCUT2D eigenvalue weighted by molar-refractivity contribution is 9.10. The van der Waals surface area contributed by atoms with E-state index in [0.717, 1.165) is 38.0 Å². The van der Waals surface area contributed by atoms with E-state index in [-0.39, 0.29) is 18.3 Å². The van der Waals surface area contributed by atoms with Crippen molar-refractivity contribution in [3.63, 3.8) is 0 Å². The van der Waals surface area contributed by atoms with Crippen molar-refractivity contribution in [2.75, 3.05) is 11.4 Å². The standard InChI is InChI=1S/C27H26BrNO4/c1-17-3-9-21(10-4-17)26(30)24-15-29(25-13-22(28)11-12-23(24)25)14-19-5-7-20(8-6-19)16-33-18(2)27(31)32/h3-13,18,24H,14-16H2,1-2H3,(H,31,32)/t18-,24?/m1/s1. The van der Waals surface area contributed by atoms with Gasteiger partial charge in [-0.3, -0.25) is 4.79 Å². The Morgan fingerprint density at radius 1 is 1.06 bits per heavy atom. The number of carboxylic acid groups (broad SMARTS) is 1. The largest absolute Gasteiger partial charge is 0.479 e. The number of benzene rings is 3. The number of Topliss-reactive ketones (excluding diaryl/α,β-unsaturated/α-hetero) is 1. The lowest BCUT2D eigenvalue weighted by atomic mass is 9.92. The van der Waals surface area contributed by atoms with Gasteiger partial charge in [0, 0.05) is 28.8 Å². The third kappa shape index (κ3) is 5.34. The van der Waals surface area contributed by atoms with E-state index in [1.54, 1.807) is 0 Å². The SMILES string of the molecule is Cc1ccc(C(=O)C2CN(Cc3ccc(CO[C@H](C)C(=O)O)cc3)c3cc(Br)ccc32)cc1. The first-order valence-corrected chi connectivity index (χ1v) is 11.7. The Labute approximate surface area is 202 Å². The van der Waals surface area contributed by atoms with Gasteiger partial charge in [-0.2, -0.15) is 0 Å². The molecule has 4 rings (SSSR count). The summed E-state index contributed by atoms with van der Waals surface area (Å²) in [6, 6.07) is 21.8. The first-order valence-electron chi connectivity index (χ1n) is 10.9. The number of ketones is 1. The van der Waals surface area contributed by atoms with E-state index in [9.17, 15) is 9.59 Å². The molecule has 0 spiro atoms. The van der Waals surface area contributed by atoms with E-state index in [4.69, 9.17) is 9.84 Å². The van der Waals surface area contributed by atoms with Crippen molar-refractivity contribution >= 4 is 33.4 Å². The minimum absolute atomic E-state index is 0.140. The van der Waals surface area contributed by atoms with Gasteiger partial charge in [0.1, 0.15) is 0 Å². The van der Waals surface area contributed by atoms with Gasteiger partial charge in [-0.05, 0) is 42.7 Å². The van der Waals surface area contributed by atoms with Crippen LogP contribution in [0.25, 0.3) is 0 Å². The van der Waals surface area contributed by atoms with Crippen molar-refractivity contribution in [3.8, 4) is 0 Å². The molecule has 1 unspecified atom stereocenters.